The molecule has 0 amide bonds. The van der Waals surface area contributed by atoms with E-state index in [-0.39, 0.29) is 10.6 Å². The van der Waals surface area contributed by atoms with E-state index >= 15 is 0 Å². The fraction of sp³-hybridized carbons (Fsp3) is 0.200. The quantitative estimate of drug-likeness (QED) is 0.417. The van der Waals surface area contributed by atoms with E-state index in [1.165, 1.54) is 0 Å². The van der Waals surface area contributed by atoms with Gasteiger partial charge < -0.3 is 4.98 Å². The van der Waals surface area contributed by atoms with Gasteiger partial charge in [-0.2, -0.15) is 0 Å². The molecule has 1 aliphatic heterocycles. The lowest BCUT2D eigenvalue weighted by Crippen LogP contribution is -2.30. The van der Waals surface area contributed by atoms with E-state index in [0.717, 1.165) is 52.5 Å². The number of nitrogens with zero attached hydrogens (tertiary/aromatic N) is 4. The first-order valence-electron chi connectivity index (χ1n) is 9.03. The molecule has 0 spiro atoms. The molecule has 4 heterocycles. The number of fused-ring (bicyclic) bond motifs is 2. The third kappa shape index (κ3) is 2.96. The number of nitro groups is 1. The van der Waals surface area contributed by atoms with E-state index in [1.807, 2.05) is 36.0 Å². The Balaban J connectivity index is 1.40. The van der Waals surface area contributed by atoms with Crippen molar-refractivity contribution in [3.63, 3.8) is 0 Å². The highest BCUT2D eigenvalue weighted by molar-refractivity contribution is 7.13. The SMILES string of the molecule is O=[N+]([O-])c1cccc2[nH]cc(CN3CCc4nc(-c5cccs5)ncc4C3)c12. The Hall–Kier alpha value is -3.10. The normalized spacial score (nSPS) is 14.3. The fourth-order valence-corrected chi connectivity index (χ4v) is 4.45. The number of H-pyrrole nitrogens is 1. The molecular weight excluding hydrogens is 374 g/mol. The molecule has 1 aromatic carbocycles. The van der Waals surface area contributed by atoms with Crippen LogP contribution >= 0.6 is 11.3 Å². The number of non-ortho nitro benzene ring substituents is 1. The summed E-state index contributed by atoms with van der Waals surface area (Å²) < 4.78 is 0. The Bertz CT molecular complexity index is 1170. The van der Waals surface area contributed by atoms with Crippen molar-refractivity contribution in [2.45, 2.75) is 19.5 Å². The number of hydrogen-bond donors (Lipinski definition) is 1. The van der Waals surface area contributed by atoms with Crippen molar-refractivity contribution in [1.29, 1.82) is 0 Å². The summed E-state index contributed by atoms with van der Waals surface area (Å²) in [5.41, 5.74) is 4.11. The Labute approximate surface area is 164 Å². The lowest BCUT2D eigenvalue weighted by molar-refractivity contribution is -0.383. The molecule has 0 atom stereocenters. The summed E-state index contributed by atoms with van der Waals surface area (Å²) in [4.78, 5) is 26.9. The first-order chi connectivity index (χ1) is 13.7. The zero-order valence-electron chi connectivity index (χ0n) is 15.0. The standard InChI is InChI=1S/C20H17N5O2S/c26-25(27)17-4-1-3-16-19(17)14(10-21-16)12-24-7-6-15-13(11-24)9-22-20(23-15)18-5-2-8-28-18/h1-5,8-10,21H,6-7,11-12H2. The average Bonchev–Trinajstić information content (AvgIpc) is 3.38. The molecule has 0 aliphatic carbocycles. The minimum absolute atomic E-state index is 0.148. The summed E-state index contributed by atoms with van der Waals surface area (Å²) in [7, 11) is 0. The third-order valence-electron chi connectivity index (χ3n) is 5.11. The number of aromatic amines is 1. The van der Waals surface area contributed by atoms with E-state index in [4.69, 9.17) is 4.98 Å². The van der Waals surface area contributed by atoms with Crippen LogP contribution in [0.5, 0.6) is 0 Å². The second kappa shape index (κ2) is 6.81. The molecule has 1 aliphatic rings. The fourth-order valence-electron chi connectivity index (χ4n) is 3.79. The maximum absolute atomic E-state index is 11.4. The smallest absolute Gasteiger partial charge is 0.279 e. The van der Waals surface area contributed by atoms with Gasteiger partial charge in [-0.05, 0) is 23.1 Å². The lowest BCUT2D eigenvalue weighted by atomic mass is 10.1. The van der Waals surface area contributed by atoms with Crippen LogP contribution in [0.1, 0.15) is 16.8 Å². The van der Waals surface area contributed by atoms with Crippen LogP contribution in [0, 0.1) is 10.1 Å². The molecule has 140 valence electrons. The largest absolute Gasteiger partial charge is 0.361 e. The molecule has 0 bridgehead atoms. The zero-order valence-corrected chi connectivity index (χ0v) is 15.8. The molecule has 0 saturated carbocycles. The molecule has 3 aromatic heterocycles. The summed E-state index contributed by atoms with van der Waals surface area (Å²) in [5.74, 6) is 0.787. The van der Waals surface area contributed by atoms with Gasteiger partial charge in [0.25, 0.3) is 5.69 Å². The number of benzene rings is 1. The monoisotopic (exact) mass is 391 g/mol. The number of rotatable bonds is 4. The van der Waals surface area contributed by atoms with Crippen molar-refractivity contribution in [2.24, 2.45) is 0 Å². The summed E-state index contributed by atoms with van der Waals surface area (Å²) in [6, 6.07) is 9.18. The zero-order chi connectivity index (χ0) is 19.1. The maximum Gasteiger partial charge on any atom is 0.279 e. The first-order valence-corrected chi connectivity index (χ1v) is 9.91. The van der Waals surface area contributed by atoms with Gasteiger partial charge >= 0.3 is 0 Å². The first kappa shape index (κ1) is 17.0. The minimum atomic E-state index is -0.314. The van der Waals surface area contributed by atoms with Gasteiger partial charge in [0.1, 0.15) is 0 Å². The van der Waals surface area contributed by atoms with E-state index in [2.05, 4.69) is 14.9 Å². The van der Waals surface area contributed by atoms with Gasteiger partial charge in [0.15, 0.2) is 5.82 Å². The van der Waals surface area contributed by atoms with Gasteiger partial charge in [-0.25, -0.2) is 9.97 Å². The molecule has 1 N–H and O–H groups in total. The van der Waals surface area contributed by atoms with Crippen molar-refractivity contribution in [2.75, 3.05) is 6.54 Å². The second-order valence-electron chi connectivity index (χ2n) is 6.87. The van der Waals surface area contributed by atoms with Crippen molar-refractivity contribution in [3.8, 4) is 10.7 Å². The number of hydrogen-bond acceptors (Lipinski definition) is 6. The number of thiophene rings is 1. The van der Waals surface area contributed by atoms with Crippen molar-refractivity contribution >= 4 is 27.9 Å². The maximum atomic E-state index is 11.4. The minimum Gasteiger partial charge on any atom is -0.361 e. The summed E-state index contributed by atoms with van der Waals surface area (Å²) in [6.07, 6.45) is 4.64. The van der Waals surface area contributed by atoms with Gasteiger partial charge in [0, 0.05) is 50.1 Å². The van der Waals surface area contributed by atoms with Crippen LogP contribution in [0.2, 0.25) is 0 Å². The van der Waals surface area contributed by atoms with Crippen molar-refractivity contribution in [3.05, 3.63) is 75.0 Å². The molecule has 4 aromatic rings. The second-order valence-corrected chi connectivity index (χ2v) is 7.82. The Morgan fingerprint density at radius 2 is 2.21 bits per heavy atom. The molecular formula is C20H17N5O2S. The predicted octanol–water partition coefficient (Wildman–Crippen LogP) is 4.15. The highest BCUT2D eigenvalue weighted by atomic mass is 32.1. The van der Waals surface area contributed by atoms with Crippen LogP contribution in [-0.2, 0) is 19.5 Å². The lowest BCUT2D eigenvalue weighted by Gasteiger charge is -2.27. The van der Waals surface area contributed by atoms with Crippen LogP contribution < -0.4 is 0 Å². The van der Waals surface area contributed by atoms with Crippen LogP contribution in [0.15, 0.2) is 48.1 Å². The Kier molecular flexibility index (Phi) is 4.14. The average molecular weight is 391 g/mol. The van der Waals surface area contributed by atoms with Crippen molar-refractivity contribution in [1.82, 2.24) is 19.9 Å². The number of nitrogens with one attached hydrogen (secondary N) is 1. The molecule has 0 unspecified atom stereocenters. The molecule has 7 nitrogen and oxygen atoms in total. The van der Waals surface area contributed by atoms with Gasteiger partial charge in [-0.1, -0.05) is 12.1 Å². The van der Waals surface area contributed by atoms with Gasteiger partial charge in [0.05, 0.1) is 26.4 Å². The Morgan fingerprint density at radius 1 is 1.29 bits per heavy atom. The van der Waals surface area contributed by atoms with E-state index in [1.54, 1.807) is 23.5 Å². The Morgan fingerprint density at radius 3 is 3.04 bits per heavy atom. The third-order valence-corrected chi connectivity index (χ3v) is 5.98. The molecule has 0 saturated heterocycles. The number of nitro benzene ring substituents is 1. The van der Waals surface area contributed by atoms with Gasteiger partial charge in [-0.15, -0.1) is 11.3 Å². The molecule has 28 heavy (non-hydrogen) atoms. The highest BCUT2D eigenvalue weighted by Gasteiger charge is 2.22. The molecule has 0 radical (unpaired) electrons. The molecule has 8 heteroatoms. The van der Waals surface area contributed by atoms with Crippen LogP contribution in [0.3, 0.4) is 0 Å². The topological polar surface area (TPSA) is 88.0 Å². The van der Waals surface area contributed by atoms with Crippen LogP contribution in [0.25, 0.3) is 21.6 Å². The van der Waals surface area contributed by atoms with E-state index in [9.17, 15) is 10.1 Å². The highest BCUT2D eigenvalue weighted by Crippen LogP contribution is 2.30. The van der Waals surface area contributed by atoms with Crippen LogP contribution in [-0.4, -0.2) is 31.3 Å². The number of aromatic nitrogens is 3. The molecule has 5 rings (SSSR count). The van der Waals surface area contributed by atoms with E-state index in [0.29, 0.717) is 11.9 Å². The van der Waals surface area contributed by atoms with Gasteiger partial charge in [0.2, 0.25) is 0 Å². The van der Waals surface area contributed by atoms with Crippen LogP contribution in [0.4, 0.5) is 5.69 Å². The summed E-state index contributed by atoms with van der Waals surface area (Å²) >= 11 is 1.64. The molecule has 0 fully saturated rings. The van der Waals surface area contributed by atoms with Gasteiger partial charge in [-0.3, -0.25) is 15.0 Å². The summed E-state index contributed by atoms with van der Waals surface area (Å²) in [6.45, 7) is 2.26. The predicted molar refractivity (Wildman–Crippen MR) is 108 cm³/mol. The van der Waals surface area contributed by atoms with E-state index < -0.39 is 0 Å². The van der Waals surface area contributed by atoms with Crippen molar-refractivity contribution < 1.29 is 4.92 Å². The summed E-state index contributed by atoms with van der Waals surface area (Å²) in [5, 5.41) is 14.1.